The predicted molar refractivity (Wildman–Crippen MR) is 101 cm³/mol. The Morgan fingerprint density at radius 3 is 2.56 bits per heavy atom. The lowest BCUT2D eigenvalue weighted by atomic mass is 9.68. The maximum Gasteiger partial charge on any atom is 0.338 e. The van der Waals surface area contributed by atoms with Crippen molar-refractivity contribution in [1.82, 2.24) is 4.90 Å². The number of carbonyl (C=O) groups is 1. The summed E-state index contributed by atoms with van der Waals surface area (Å²) in [6, 6.07) is 7.49. The van der Waals surface area contributed by atoms with Gasteiger partial charge in [0, 0.05) is 18.3 Å². The van der Waals surface area contributed by atoms with Gasteiger partial charge >= 0.3 is 5.97 Å². The average Bonchev–Trinajstić information content (AvgIpc) is 3.03. The van der Waals surface area contributed by atoms with E-state index in [0.29, 0.717) is 34.7 Å². The van der Waals surface area contributed by atoms with Crippen molar-refractivity contribution in [2.75, 3.05) is 25.9 Å². The highest BCUT2D eigenvalue weighted by Crippen LogP contribution is 2.63. The average molecular weight is 344 g/mol. The first-order valence-corrected chi connectivity index (χ1v) is 9.47. The molecule has 4 heteroatoms. The third-order valence-electron chi connectivity index (χ3n) is 6.67. The second-order valence-corrected chi connectivity index (χ2v) is 8.91. The fourth-order valence-corrected chi connectivity index (χ4v) is 5.69. The summed E-state index contributed by atoms with van der Waals surface area (Å²) in [5, 5.41) is 0. The molecule has 0 amide bonds. The molecule has 2 N–H and O–H groups in total. The maximum absolute atomic E-state index is 12.0. The van der Waals surface area contributed by atoms with Gasteiger partial charge in [-0.15, -0.1) is 0 Å². The molecule has 3 atom stereocenters. The molecule has 2 saturated carbocycles. The summed E-state index contributed by atoms with van der Waals surface area (Å²) in [4.78, 5) is 14.5. The van der Waals surface area contributed by atoms with Gasteiger partial charge in [0.2, 0.25) is 0 Å². The molecule has 2 aliphatic rings. The van der Waals surface area contributed by atoms with Crippen molar-refractivity contribution in [3.05, 3.63) is 29.8 Å². The molecule has 0 radical (unpaired) electrons. The first-order chi connectivity index (χ1) is 11.7. The fourth-order valence-electron chi connectivity index (χ4n) is 5.69. The van der Waals surface area contributed by atoms with E-state index in [1.54, 1.807) is 24.3 Å². The molecule has 2 aliphatic carbocycles. The van der Waals surface area contributed by atoms with Crippen molar-refractivity contribution < 1.29 is 9.53 Å². The van der Waals surface area contributed by atoms with Crippen LogP contribution in [0.25, 0.3) is 0 Å². The van der Waals surface area contributed by atoms with Crippen LogP contribution in [0.2, 0.25) is 0 Å². The van der Waals surface area contributed by atoms with E-state index >= 15 is 0 Å². The molecule has 0 aliphatic heterocycles. The Hall–Kier alpha value is -1.55. The minimum absolute atomic E-state index is 0.269. The summed E-state index contributed by atoms with van der Waals surface area (Å²) in [5.41, 5.74) is 7.68. The summed E-state index contributed by atoms with van der Waals surface area (Å²) >= 11 is 0. The summed E-state index contributed by atoms with van der Waals surface area (Å²) in [5.74, 6) is 0.586. The number of hydrogen-bond donors (Lipinski definition) is 1. The number of nitrogens with two attached hydrogens (primary N) is 1. The summed E-state index contributed by atoms with van der Waals surface area (Å²) in [6.07, 6.45) is 4.96. The molecule has 25 heavy (non-hydrogen) atoms. The van der Waals surface area contributed by atoms with E-state index in [2.05, 4.69) is 32.7 Å². The van der Waals surface area contributed by atoms with Crippen molar-refractivity contribution in [3.8, 4) is 0 Å². The van der Waals surface area contributed by atoms with Crippen LogP contribution in [0.15, 0.2) is 24.3 Å². The van der Waals surface area contributed by atoms with Gasteiger partial charge in [0.25, 0.3) is 0 Å². The van der Waals surface area contributed by atoms with E-state index in [-0.39, 0.29) is 5.97 Å². The Bertz CT molecular complexity index is 621. The number of carbonyl (C=O) groups excluding carboxylic acids is 1. The van der Waals surface area contributed by atoms with E-state index in [0.717, 1.165) is 18.9 Å². The number of fused-ring (bicyclic) bond motifs is 2. The number of benzene rings is 1. The van der Waals surface area contributed by atoms with Crippen molar-refractivity contribution in [2.45, 2.75) is 52.5 Å². The number of nitrogen functional groups attached to an aromatic ring is 1. The molecule has 0 saturated heterocycles. The van der Waals surface area contributed by atoms with Crippen molar-refractivity contribution in [1.29, 1.82) is 0 Å². The van der Waals surface area contributed by atoms with Crippen LogP contribution in [0.3, 0.4) is 0 Å². The number of esters is 1. The first-order valence-electron chi connectivity index (χ1n) is 9.47. The standard InChI is InChI=1S/C21H32N2O2/c1-20(2)16-10-11-21(3,14-16)19(20)23(4)12-5-13-25-18(24)15-6-8-17(22)9-7-15/h6-9,16,19H,5,10-14,22H2,1-4H3. The molecule has 4 nitrogen and oxygen atoms in total. The lowest BCUT2D eigenvalue weighted by Gasteiger charge is -2.47. The van der Waals surface area contributed by atoms with Crippen molar-refractivity contribution >= 4 is 11.7 Å². The second-order valence-electron chi connectivity index (χ2n) is 8.91. The fraction of sp³-hybridized carbons (Fsp3) is 0.667. The van der Waals surface area contributed by atoms with Crippen LogP contribution in [0.1, 0.15) is 56.8 Å². The first kappa shape index (κ1) is 18.2. The van der Waals surface area contributed by atoms with Crippen LogP contribution in [0.4, 0.5) is 5.69 Å². The third kappa shape index (κ3) is 3.41. The quantitative estimate of drug-likeness (QED) is 0.482. The van der Waals surface area contributed by atoms with Crippen LogP contribution < -0.4 is 5.73 Å². The van der Waals surface area contributed by atoms with E-state index < -0.39 is 0 Å². The smallest absolute Gasteiger partial charge is 0.338 e. The third-order valence-corrected chi connectivity index (χ3v) is 6.67. The van der Waals surface area contributed by atoms with Crippen LogP contribution in [-0.4, -0.2) is 37.1 Å². The lowest BCUT2D eigenvalue weighted by Crippen LogP contribution is -2.51. The molecular weight excluding hydrogens is 312 g/mol. The Morgan fingerprint density at radius 2 is 1.96 bits per heavy atom. The summed E-state index contributed by atoms with van der Waals surface area (Å²) in [7, 11) is 2.24. The van der Waals surface area contributed by atoms with Crippen molar-refractivity contribution in [2.24, 2.45) is 16.7 Å². The SMILES string of the molecule is CN(CCCOC(=O)c1ccc(N)cc1)C1C2(C)CCC(C2)C1(C)C. The second kappa shape index (κ2) is 6.64. The molecule has 3 unspecified atom stereocenters. The Balaban J connectivity index is 1.47. The molecule has 0 aromatic heterocycles. The molecular formula is C21H32N2O2. The van der Waals surface area contributed by atoms with Gasteiger partial charge in [-0.2, -0.15) is 0 Å². The molecule has 2 fully saturated rings. The lowest BCUT2D eigenvalue weighted by molar-refractivity contribution is 0.0137. The molecule has 0 spiro atoms. The molecule has 2 bridgehead atoms. The normalized spacial score (nSPS) is 30.0. The minimum atomic E-state index is -0.269. The molecule has 0 heterocycles. The Morgan fingerprint density at radius 1 is 1.28 bits per heavy atom. The van der Waals surface area contributed by atoms with Gasteiger partial charge in [0.1, 0.15) is 0 Å². The van der Waals surface area contributed by atoms with Crippen LogP contribution >= 0.6 is 0 Å². The number of anilines is 1. The van der Waals surface area contributed by atoms with Crippen LogP contribution in [0.5, 0.6) is 0 Å². The molecule has 1 aromatic carbocycles. The Labute approximate surface area is 151 Å². The molecule has 138 valence electrons. The van der Waals surface area contributed by atoms with Crippen molar-refractivity contribution in [3.63, 3.8) is 0 Å². The van der Waals surface area contributed by atoms with Gasteiger partial charge in [-0.1, -0.05) is 20.8 Å². The van der Waals surface area contributed by atoms with E-state index in [9.17, 15) is 4.79 Å². The summed E-state index contributed by atoms with van der Waals surface area (Å²) < 4.78 is 5.41. The van der Waals surface area contributed by atoms with Gasteiger partial charge in [-0.05, 0) is 73.7 Å². The largest absolute Gasteiger partial charge is 0.462 e. The number of hydrogen-bond acceptors (Lipinski definition) is 4. The monoisotopic (exact) mass is 344 g/mol. The molecule has 3 rings (SSSR count). The zero-order chi connectivity index (χ0) is 18.2. The molecule has 1 aromatic rings. The van der Waals surface area contributed by atoms with Gasteiger partial charge in [-0.3, -0.25) is 0 Å². The summed E-state index contributed by atoms with van der Waals surface area (Å²) in [6.45, 7) is 8.76. The zero-order valence-corrected chi connectivity index (χ0v) is 16.0. The van der Waals surface area contributed by atoms with E-state index in [4.69, 9.17) is 10.5 Å². The van der Waals surface area contributed by atoms with Crippen LogP contribution in [0, 0.1) is 16.7 Å². The number of ether oxygens (including phenoxy) is 1. The zero-order valence-electron chi connectivity index (χ0n) is 16.0. The van der Waals surface area contributed by atoms with Crippen LogP contribution in [-0.2, 0) is 4.74 Å². The number of rotatable bonds is 6. The minimum Gasteiger partial charge on any atom is -0.462 e. The topological polar surface area (TPSA) is 55.6 Å². The van der Waals surface area contributed by atoms with Gasteiger partial charge < -0.3 is 15.4 Å². The van der Waals surface area contributed by atoms with Gasteiger partial charge in [0.05, 0.1) is 12.2 Å². The highest BCUT2D eigenvalue weighted by molar-refractivity contribution is 5.89. The van der Waals surface area contributed by atoms with Gasteiger partial charge in [0.15, 0.2) is 0 Å². The Kier molecular flexibility index (Phi) is 4.84. The maximum atomic E-state index is 12.0. The highest BCUT2D eigenvalue weighted by Gasteiger charge is 2.60. The predicted octanol–water partition coefficient (Wildman–Crippen LogP) is 3.96. The highest BCUT2D eigenvalue weighted by atomic mass is 16.5. The van der Waals surface area contributed by atoms with E-state index in [1.165, 1.54) is 19.3 Å². The van der Waals surface area contributed by atoms with Gasteiger partial charge in [-0.25, -0.2) is 4.79 Å². The van der Waals surface area contributed by atoms with E-state index in [1.807, 2.05) is 0 Å². The number of nitrogens with zero attached hydrogens (tertiary/aromatic N) is 1.